The van der Waals surface area contributed by atoms with Crippen molar-refractivity contribution < 1.29 is 29.3 Å². The van der Waals surface area contributed by atoms with Crippen molar-refractivity contribution in [2.24, 2.45) is 11.7 Å². The van der Waals surface area contributed by atoms with Gasteiger partial charge in [0.25, 0.3) is 5.91 Å². The van der Waals surface area contributed by atoms with Crippen molar-refractivity contribution in [1.29, 1.82) is 0 Å². The van der Waals surface area contributed by atoms with E-state index in [1.165, 1.54) is 7.11 Å². The summed E-state index contributed by atoms with van der Waals surface area (Å²) in [6.07, 6.45) is 9.42. The molecular formula is C38H49N7O6. The van der Waals surface area contributed by atoms with Crippen LogP contribution in [0.2, 0.25) is 0 Å². The first kappa shape index (κ1) is 36.1. The van der Waals surface area contributed by atoms with Gasteiger partial charge in [-0.15, -0.1) is 0 Å². The van der Waals surface area contributed by atoms with Crippen LogP contribution in [0, 0.1) is 5.92 Å². The number of nitrogens with two attached hydrogens (primary N) is 1. The Morgan fingerprint density at radius 2 is 1.76 bits per heavy atom. The molecule has 51 heavy (non-hydrogen) atoms. The smallest absolute Gasteiger partial charge is 0.324 e. The predicted octanol–water partition coefficient (Wildman–Crippen LogP) is 5.25. The van der Waals surface area contributed by atoms with Crippen LogP contribution in [0.15, 0.2) is 48.7 Å². The van der Waals surface area contributed by atoms with Gasteiger partial charge in [0.15, 0.2) is 5.82 Å². The molecule has 0 radical (unpaired) electrons. The molecule has 2 amide bonds. The molecule has 13 nitrogen and oxygen atoms in total. The van der Waals surface area contributed by atoms with Crippen LogP contribution in [0.1, 0.15) is 87.1 Å². The van der Waals surface area contributed by atoms with Crippen molar-refractivity contribution in [3.05, 3.63) is 59.8 Å². The van der Waals surface area contributed by atoms with Crippen LogP contribution in [0.4, 0.5) is 28.8 Å². The number of aliphatic hydroxyl groups excluding tert-OH is 1. The number of carbonyl (C=O) groups is 3. The van der Waals surface area contributed by atoms with Crippen molar-refractivity contribution in [3.8, 4) is 5.75 Å². The molecule has 6 rings (SSSR count). The molecule has 2 heterocycles. The molecule has 0 bridgehead atoms. The van der Waals surface area contributed by atoms with Gasteiger partial charge in [0.1, 0.15) is 23.0 Å². The highest BCUT2D eigenvalue weighted by Crippen LogP contribution is 2.41. The van der Waals surface area contributed by atoms with Gasteiger partial charge in [0.2, 0.25) is 11.9 Å². The summed E-state index contributed by atoms with van der Waals surface area (Å²) in [7, 11) is 3.29. The topological polar surface area (TPSA) is 183 Å². The maximum absolute atomic E-state index is 13.2. The third-order valence-corrected chi connectivity index (χ3v) is 10.9. The zero-order valence-electron chi connectivity index (χ0n) is 29.6. The van der Waals surface area contributed by atoms with Gasteiger partial charge in [-0.2, -0.15) is 4.98 Å². The molecule has 1 aliphatic heterocycles. The second-order valence-electron chi connectivity index (χ2n) is 14.1. The van der Waals surface area contributed by atoms with Crippen LogP contribution in [0.25, 0.3) is 0 Å². The fourth-order valence-electron chi connectivity index (χ4n) is 8.03. The maximum Gasteiger partial charge on any atom is 0.324 e. The number of nitrogens with zero attached hydrogens (tertiary/aromatic N) is 4. The summed E-state index contributed by atoms with van der Waals surface area (Å²) in [6.45, 7) is 2.03. The summed E-state index contributed by atoms with van der Waals surface area (Å²) in [5.74, 6) is 0.0237. The van der Waals surface area contributed by atoms with Crippen molar-refractivity contribution in [2.45, 2.75) is 101 Å². The Hall–Kier alpha value is -4.75. The van der Waals surface area contributed by atoms with Crippen LogP contribution in [-0.4, -0.2) is 75.8 Å². The first-order valence-electron chi connectivity index (χ1n) is 18.0. The average Bonchev–Trinajstić information content (AvgIpc) is 3.87. The quantitative estimate of drug-likeness (QED) is 0.157. The summed E-state index contributed by atoms with van der Waals surface area (Å²) in [6, 6.07) is 12.1. The van der Waals surface area contributed by atoms with E-state index < -0.39 is 17.6 Å². The lowest BCUT2D eigenvalue weighted by molar-refractivity contribution is -0.147. The van der Waals surface area contributed by atoms with Gasteiger partial charge >= 0.3 is 5.97 Å². The number of rotatable bonds is 13. The van der Waals surface area contributed by atoms with Crippen LogP contribution < -0.4 is 30.9 Å². The number of methoxy groups -OCH3 is 1. The number of carboxylic acid groups (broad SMARTS) is 1. The molecule has 0 saturated heterocycles. The SMILES string of the molecule is CC[C@@H]1C(=O)N(C)c2cnc(Nc3ccc(C(=O)Nc4ccc(CC(O)C[C@](N)(C(=O)O)C5CCCC5)cc4)cc3OC)nc2N1C1CCCC1. The minimum absolute atomic E-state index is 0.0205. The van der Waals surface area contributed by atoms with E-state index in [1.54, 1.807) is 60.6 Å². The third-order valence-electron chi connectivity index (χ3n) is 10.9. The molecule has 3 aliphatic rings. The number of ether oxygens (including phenoxy) is 1. The van der Waals surface area contributed by atoms with Crippen LogP contribution in [0.5, 0.6) is 5.75 Å². The number of amides is 2. The zero-order valence-corrected chi connectivity index (χ0v) is 29.6. The molecule has 272 valence electrons. The number of benzene rings is 2. The summed E-state index contributed by atoms with van der Waals surface area (Å²) in [5.41, 5.74) is 7.88. The fraction of sp³-hybridized carbons (Fsp3) is 0.500. The number of aromatic nitrogens is 2. The van der Waals surface area contributed by atoms with Gasteiger partial charge in [0.05, 0.1) is 25.1 Å². The normalized spacial score (nSPS) is 19.8. The van der Waals surface area contributed by atoms with E-state index >= 15 is 0 Å². The van der Waals surface area contributed by atoms with Crippen LogP contribution in [-0.2, 0) is 16.0 Å². The molecular weight excluding hydrogens is 650 g/mol. The lowest BCUT2D eigenvalue weighted by atomic mass is 9.78. The van der Waals surface area contributed by atoms with Gasteiger partial charge in [0, 0.05) is 30.8 Å². The monoisotopic (exact) mass is 699 g/mol. The Morgan fingerprint density at radius 1 is 1.08 bits per heavy atom. The Kier molecular flexibility index (Phi) is 10.8. The number of aliphatic hydroxyl groups is 1. The minimum Gasteiger partial charge on any atom is -0.495 e. The number of anilines is 5. The summed E-state index contributed by atoms with van der Waals surface area (Å²) < 4.78 is 5.64. The number of carbonyl (C=O) groups excluding carboxylic acids is 2. The first-order chi connectivity index (χ1) is 24.5. The van der Waals surface area contributed by atoms with Gasteiger partial charge in [-0.3, -0.25) is 14.4 Å². The summed E-state index contributed by atoms with van der Waals surface area (Å²) in [5, 5.41) is 26.8. The molecule has 2 aliphatic carbocycles. The number of hydrogen-bond donors (Lipinski definition) is 5. The second kappa shape index (κ2) is 15.2. The maximum atomic E-state index is 13.2. The highest BCUT2D eigenvalue weighted by atomic mass is 16.5. The number of likely N-dealkylation sites (N-methyl/N-ethyl adjacent to an activating group) is 1. The largest absolute Gasteiger partial charge is 0.495 e. The average molecular weight is 700 g/mol. The molecule has 2 saturated carbocycles. The molecule has 3 aromatic rings. The fourth-order valence-corrected chi connectivity index (χ4v) is 8.03. The first-order valence-corrected chi connectivity index (χ1v) is 18.0. The van der Waals surface area contributed by atoms with Crippen LogP contribution >= 0.6 is 0 Å². The minimum atomic E-state index is -1.45. The van der Waals surface area contributed by atoms with Gasteiger partial charge in [-0.05, 0) is 80.3 Å². The predicted molar refractivity (Wildman–Crippen MR) is 196 cm³/mol. The number of nitrogens with one attached hydrogen (secondary N) is 2. The lowest BCUT2D eigenvalue weighted by Gasteiger charge is -2.43. The standard InChI is InChI=1S/C38H49N7O6/c1-4-30-35(48)44(2)31-22-40-37(43-33(31)45(30)27-11-7-8-12-27)42-29-18-15-24(20-32(29)51-3)34(47)41-26-16-13-23(14-17-26)19-28(46)21-38(39,36(49)50)25-9-5-6-10-25/h13-18,20,22,25,27-28,30,46H,4-12,19,21,39H2,1-3H3,(H,41,47)(H,49,50)(H,40,42,43)/t28?,30-,38-/m1/s1. The van der Waals surface area contributed by atoms with E-state index in [0.717, 1.165) is 62.7 Å². The van der Waals surface area contributed by atoms with Gasteiger partial charge < -0.3 is 41.1 Å². The molecule has 2 aromatic carbocycles. The van der Waals surface area contributed by atoms with Crippen molar-refractivity contribution in [1.82, 2.24) is 9.97 Å². The Bertz CT molecular complexity index is 1740. The Labute approximate surface area is 298 Å². The second-order valence-corrected chi connectivity index (χ2v) is 14.1. The molecule has 2 fully saturated rings. The van der Waals surface area contributed by atoms with E-state index in [2.05, 4.69) is 20.5 Å². The number of carboxylic acids is 1. The Balaban J connectivity index is 1.11. The summed E-state index contributed by atoms with van der Waals surface area (Å²) >= 11 is 0. The molecule has 0 spiro atoms. The van der Waals surface area contributed by atoms with Gasteiger partial charge in [-0.25, -0.2) is 4.98 Å². The number of aliphatic carboxylic acids is 1. The number of hydrogen-bond acceptors (Lipinski definition) is 10. The van der Waals surface area contributed by atoms with E-state index in [1.807, 2.05) is 6.92 Å². The molecule has 13 heteroatoms. The zero-order chi connectivity index (χ0) is 36.3. The highest BCUT2D eigenvalue weighted by Gasteiger charge is 2.45. The highest BCUT2D eigenvalue weighted by molar-refractivity contribution is 6.05. The van der Waals surface area contributed by atoms with Crippen molar-refractivity contribution >= 4 is 46.6 Å². The summed E-state index contributed by atoms with van der Waals surface area (Å²) in [4.78, 5) is 51.8. The Morgan fingerprint density at radius 3 is 2.41 bits per heavy atom. The van der Waals surface area contributed by atoms with Crippen LogP contribution in [0.3, 0.4) is 0 Å². The van der Waals surface area contributed by atoms with E-state index in [4.69, 9.17) is 15.5 Å². The molecule has 6 N–H and O–H groups in total. The number of fused-ring (bicyclic) bond motifs is 1. The van der Waals surface area contributed by atoms with Crippen molar-refractivity contribution in [3.63, 3.8) is 0 Å². The molecule has 3 atom stereocenters. The van der Waals surface area contributed by atoms with E-state index in [9.17, 15) is 24.6 Å². The van der Waals surface area contributed by atoms with Gasteiger partial charge in [-0.1, -0.05) is 44.7 Å². The van der Waals surface area contributed by atoms with E-state index in [0.29, 0.717) is 40.7 Å². The third kappa shape index (κ3) is 7.50. The molecule has 1 unspecified atom stereocenters. The van der Waals surface area contributed by atoms with Crippen molar-refractivity contribution in [2.75, 3.05) is 34.6 Å². The van der Waals surface area contributed by atoms with E-state index in [-0.39, 0.29) is 42.7 Å². The lowest BCUT2D eigenvalue weighted by Crippen LogP contribution is -2.55. The molecule has 1 aromatic heterocycles.